The smallest absolute Gasteiger partial charge is 0.0978 e. The van der Waals surface area contributed by atoms with Crippen LogP contribution in [0.3, 0.4) is 0 Å². The molecule has 0 bridgehead atoms. The van der Waals surface area contributed by atoms with Crippen LogP contribution in [-0.2, 0) is 0 Å². The van der Waals surface area contributed by atoms with Crippen LogP contribution in [0.2, 0.25) is 0 Å². The Morgan fingerprint density at radius 1 is 0.395 bits per heavy atom. The van der Waals surface area contributed by atoms with Crippen LogP contribution in [0.4, 0.5) is 11.4 Å². The number of nitrogens with zero attached hydrogens (tertiary/aromatic N) is 4. The SMILES string of the molecule is c1cc2c3c(cccc3c1)C(=Nc1ccc(-c3ccncc3)cc1)C2=Nc1ccc(-c2ccncc2)cc1. The maximum Gasteiger partial charge on any atom is 0.0978 e. The minimum Gasteiger partial charge on any atom is -0.265 e. The average molecular weight is 487 g/mol. The number of pyridine rings is 2. The lowest BCUT2D eigenvalue weighted by Crippen LogP contribution is -2.10. The van der Waals surface area contributed by atoms with E-state index in [-0.39, 0.29) is 0 Å². The Kier molecular flexibility index (Phi) is 5.41. The van der Waals surface area contributed by atoms with E-state index in [0.717, 1.165) is 56.2 Å². The van der Waals surface area contributed by atoms with Gasteiger partial charge in [0.1, 0.15) is 0 Å². The maximum atomic E-state index is 5.14. The van der Waals surface area contributed by atoms with E-state index < -0.39 is 0 Å². The highest BCUT2D eigenvalue weighted by molar-refractivity contribution is 6.61. The lowest BCUT2D eigenvalue weighted by atomic mass is 10.1. The van der Waals surface area contributed by atoms with E-state index in [1.54, 1.807) is 0 Å². The molecular weight excluding hydrogens is 464 g/mol. The first kappa shape index (κ1) is 22.0. The second-order valence-corrected chi connectivity index (χ2v) is 9.20. The Hall–Kier alpha value is -5.22. The van der Waals surface area contributed by atoms with Crippen molar-refractivity contribution >= 4 is 33.6 Å². The first-order valence-electron chi connectivity index (χ1n) is 12.5. The van der Waals surface area contributed by atoms with Crippen LogP contribution in [0, 0.1) is 0 Å². The van der Waals surface area contributed by atoms with Crippen molar-refractivity contribution in [3.8, 4) is 22.3 Å². The molecule has 0 atom stereocenters. The van der Waals surface area contributed by atoms with Gasteiger partial charge in [-0.3, -0.25) is 9.97 Å². The fourth-order valence-corrected chi connectivity index (χ4v) is 5.02. The molecule has 0 saturated heterocycles. The van der Waals surface area contributed by atoms with Crippen LogP contribution < -0.4 is 0 Å². The first-order valence-corrected chi connectivity index (χ1v) is 12.5. The molecule has 7 rings (SSSR count). The molecule has 38 heavy (non-hydrogen) atoms. The van der Waals surface area contributed by atoms with Gasteiger partial charge in [-0.25, -0.2) is 9.98 Å². The van der Waals surface area contributed by atoms with Crippen molar-refractivity contribution in [2.24, 2.45) is 9.98 Å². The zero-order valence-corrected chi connectivity index (χ0v) is 20.5. The third-order valence-corrected chi connectivity index (χ3v) is 6.88. The van der Waals surface area contributed by atoms with Gasteiger partial charge in [0.15, 0.2) is 0 Å². The van der Waals surface area contributed by atoms with Gasteiger partial charge in [0.2, 0.25) is 0 Å². The number of benzene rings is 4. The van der Waals surface area contributed by atoms with Gasteiger partial charge < -0.3 is 0 Å². The van der Waals surface area contributed by atoms with E-state index >= 15 is 0 Å². The van der Waals surface area contributed by atoms with Crippen LogP contribution in [0.5, 0.6) is 0 Å². The summed E-state index contributed by atoms with van der Waals surface area (Å²) < 4.78 is 0. The highest BCUT2D eigenvalue weighted by Gasteiger charge is 2.27. The van der Waals surface area contributed by atoms with E-state index in [2.05, 4.69) is 94.9 Å². The largest absolute Gasteiger partial charge is 0.265 e. The van der Waals surface area contributed by atoms with E-state index in [9.17, 15) is 0 Å². The third kappa shape index (κ3) is 3.98. The lowest BCUT2D eigenvalue weighted by Gasteiger charge is -2.06. The van der Waals surface area contributed by atoms with Crippen molar-refractivity contribution in [1.82, 2.24) is 9.97 Å². The molecule has 0 radical (unpaired) electrons. The molecular formula is C34H22N4. The number of aromatic nitrogens is 2. The molecule has 0 amide bonds. The Morgan fingerprint density at radius 2 is 0.789 bits per heavy atom. The third-order valence-electron chi connectivity index (χ3n) is 6.88. The van der Waals surface area contributed by atoms with Gasteiger partial charge in [0.05, 0.1) is 22.8 Å². The van der Waals surface area contributed by atoms with Crippen LogP contribution in [0.1, 0.15) is 11.1 Å². The average Bonchev–Trinajstić information content (AvgIpc) is 3.28. The van der Waals surface area contributed by atoms with Gasteiger partial charge in [-0.1, -0.05) is 60.7 Å². The summed E-state index contributed by atoms with van der Waals surface area (Å²) in [5, 5.41) is 2.40. The van der Waals surface area contributed by atoms with Gasteiger partial charge in [0, 0.05) is 41.3 Å². The van der Waals surface area contributed by atoms with Crippen molar-refractivity contribution in [2.45, 2.75) is 0 Å². The Bertz CT molecular complexity index is 1690. The molecule has 6 aromatic rings. The fourth-order valence-electron chi connectivity index (χ4n) is 5.02. The molecule has 0 unspecified atom stereocenters. The van der Waals surface area contributed by atoms with Gasteiger partial charge in [-0.05, 0) is 76.2 Å². The van der Waals surface area contributed by atoms with E-state index in [0.29, 0.717) is 0 Å². The van der Waals surface area contributed by atoms with E-state index in [1.807, 2.05) is 49.1 Å². The second-order valence-electron chi connectivity index (χ2n) is 9.20. The number of hydrogen-bond donors (Lipinski definition) is 0. The van der Waals surface area contributed by atoms with Gasteiger partial charge in [0.25, 0.3) is 0 Å². The normalized spacial score (nSPS) is 14.4. The molecule has 1 aliphatic rings. The summed E-state index contributed by atoms with van der Waals surface area (Å²) in [6.45, 7) is 0. The molecule has 0 saturated carbocycles. The lowest BCUT2D eigenvalue weighted by molar-refractivity contribution is 1.33. The minimum atomic E-state index is 0.892. The Balaban J connectivity index is 1.32. The summed E-state index contributed by atoms with van der Waals surface area (Å²) in [6, 6.07) is 37.5. The topological polar surface area (TPSA) is 50.5 Å². The Labute approximate surface area is 220 Å². The summed E-state index contributed by atoms with van der Waals surface area (Å²) in [6.07, 6.45) is 7.25. The highest BCUT2D eigenvalue weighted by Crippen LogP contribution is 2.35. The zero-order chi connectivity index (χ0) is 25.3. The second kappa shape index (κ2) is 9.34. The van der Waals surface area contributed by atoms with Crippen LogP contribution in [0.15, 0.2) is 144 Å². The van der Waals surface area contributed by atoms with Crippen molar-refractivity contribution < 1.29 is 0 Å². The fraction of sp³-hybridized carbons (Fsp3) is 0. The summed E-state index contributed by atoms with van der Waals surface area (Å²) in [5.41, 5.74) is 10.3. The predicted octanol–water partition coefficient (Wildman–Crippen LogP) is 8.22. The molecule has 0 aliphatic heterocycles. The molecule has 2 aromatic heterocycles. The molecule has 0 spiro atoms. The monoisotopic (exact) mass is 486 g/mol. The zero-order valence-electron chi connectivity index (χ0n) is 20.5. The molecule has 4 aromatic carbocycles. The summed E-state index contributed by atoms with van der Waals surface area (Å²) in [5.74, 6) is 0. The van der Waals surface area contributed by atoms with Crippen molar-refractivity contribution in [2.75, 3.05) is 0 Å². The van der Waals surface area contributed by atoms with Gasteiger partial charge >= 0.3 is 0 Å². The molecule has 0 fully saturated rings. The highest BCUT2D eigenvalue weighted by atomic mass is 14.8. The van der Waals surface area contributed by atoms with Gasteiger partial charge in [-0.2, -0.15) is 0 Å². The van der Waals surface area contributed by atoms with Crippen LogP contribution >= 0.6 is 0 Å². The van der Waals surface area contributed by atoms with E-state index in [4.69, 9.17) is 9.98 Å². The maximum absolute atomic E-state index is 5.14. The number of aliphatic imine (C=N–C) groups is 2. The standard InChI is InChI=1S/C34H22N4/c1-3-27-4-2-6-31-32(27)30(5-1)33(37-28-11-7-23(8-12-28)25-15-19-35-20-16-25)34(31)38-29-13-9-24(10-14-29)26-17-21-36-22-18-26/h1-22H. The Morgan fingerprint density at radius 3 is 1.21 bits per heavy atom. The molecule has 0 N–H and O–H groups in total. The van der Waals surface area contributed by atoms with E-state index in [1.165, 1.54) is 10.8 Å². The van der Waals surface area contributed by atoms with Crippen molar-refractivity contribution in [3.05, 3.63) is 145 Å². The number of rotatable bonds is 4. The predicted molar refractivity (Wildman–Crippen MR) is 156 cm³/mol. The molecule has 1 aliphatic carbocycles. The number of hydrogen-bond acceptors (Lipinski definition) is 4. The van der Waals surface area contributed by atoms with Gasteiger partial charge in [-0.15, -0.1) is 0 Å². The van der Waals surface area contributed by atoms with Crippen LogP contribution in [0.25, 0.3) is 33.0 Å². The van der Waals surface area contributed by atoms with Crippen molar-refractivity contribution in [3.63, 3.8) is 0 Å². The molecule has 4 heteroatoms. The summed E-state index contributed by atoms with van der Waals surface area (Å²) in [4.78, 5) is 18.5. The molecule has 178 valence electrons. The quantitative estimate of drug-likeness (QED) is 0.252. The summed E-state index contributed by atoms with van der Waals surface area (Å²) >= 11 is 0. The molecule has 2 heterocycles. The summed E-state index contributed by atoms with van der Waals surface area (Å²) in [7, 11) is 0. The minimum absolute atomic E-state index is 0.892. The molecule has 4 nitrogen and oxygen atoms in total. The van der Waals surface area contributed by atoms with Crippen LogP contribution in [-0.4, -0.2) is 21.4 Å². The van der Waals surface area contributed by atoms with Crippen molar-refractivity contribution in [1.29, 1.82) is 0 Å². The first-order chi connectivity index (χ1) is 18.8.